The van der Waals surface area contributed by atoms with E-state index < -0.39 is 11.2 Å². The zero-order chi connectivity index (χ0) is 16.6. The van der Waals surface area contributed by atoms with E-state index in [1.165, 1.54) is 19.3 Å². The topological polar surface area (TPSA) is 74.3 Å². The lowest BCUT2D eigenvalue weighted by Gasteiger charge is -2.09. The number of hydrogen-bond donors (Lipinski definition) is 0. The van der Waals surface area contributed by atoms with Gasteiger partial charge in [0, 0.05) is 24.6 Å². The van der Waals surface area contributed by atoms with Gasteiger partial charge in [-0.3, -0.25) is 4.79 Å². The number of fused-ring (bicyclic) bond motifs is 1. The van der Waals surface area contributed by atoms with Gasteiger partial charge >= 0.3 is 5.63 Å². The highest BCUT2D eigenvalue weighted by Crippen LogP contribution is 2.29. The van der Waals surface area contributed by atoms with Gasteiger partial charge in [0.2, 0.25) is 0 Å². The highest BCUT2D eigenvalue weighted by molar-refractivity contribution is 6.31. The average Bonchev–Trinajstić information content (AvgIpc) is 2.54. The molecule has 3 rings (SSSR count). The maximum atomic E-state index is 11.7. The standard InChI is InChI=1S/C16H13ClN2O4/c1-3-9-6-14(20)23-12-7-10(4-5-11(9)12)22-13-8-18-19(2)16(21)15(13)17/h4-8H,3H2,1-2H3. The summed E-state index contributed by atoms with van der Waals surface area (Å²) in [5.41, 5.74) is 0.445. The molecule has 6 nitrogen and oxygen atoms in total. The normalized spacial score (nSPS) is 10.9. The number of aryl methyl sites for hydroxylation is 2. The first-order valence-corrected chi connectivity index (χ1v) is 7.34. The summed E-state index contributed by atoms with van der Waals surface area (Å²) < 4.78 is 11.9. The molecule has 0 aliphatic heterocycles. The van der Waals surface area contributed by atoms with Crippen molar-refractivity contribution in [2.24, 2.45) is 7.05 Å². The lowest BCUT2D eigenvalue weighted by Crippen LogP contribution is -2.19. The first-order valence-electron chi connectivity index (χ1n) is 6.96. The van der Waals surface area contributed by atoms with Gasteiger partial charge in [-0.15, -0.1) is 0 Å². The molecular weight excluding hydrogens is 320 g/mol. The summed E-state index contributed by atoms with van der Waals surface area (Å²) in [6.45, 7) is 1.96. The molecule has 0 fully saturated rings. The SMILES string of the molecule is CCc1cc(=O)oc2cc(Oc3cnn(C)c(=O)c3Cl)ccc12. The van der Waals surface area contributed by atoms with Gasteiger partial charge in [-0.2, -0.15) is 5.10 Å². The van der Waals surface area contributed by atoms with Crippen LogP contribution in [0.2, 0.25) is 5.02 Å². The average molecular weight is 333 g/mol. The Morgan fingerprint density at radius 1 is 1.30 bits per heavy atom. The molecule has 2 heterocycles. The summed E-state index contributed by atoms with van der Waals surface area (Å²) in [6.07, 6.45) is 2.07. The molecule has 0 radical (unpaired) electrons. The van der Waals surface area contributed by atoms with Crippen LogP contribution in [0.3, 0.4) is 0 Å². The van der Waals surface area contributed by atoms with E-state index in [9.17, 15) is 9.59 Å². The second kappa shape index (κ2) is 5.89. The fourth-order valence-electron chi connectivity index (χ4n) is 2.26. The van der Waals surface area contributed by atoms with Gasteiger partial charge in [0.1, 0.15) is 11.3 Å². The van der Waals surface area contributed by atoms with Crippen LogP contribution in [0, 0.1) is 0 Å². The number of benzene rings is 1. The fourth-order valence-corrected chi connectivity index (χ4v) is 2.47. The Hall–Kier alpha value is -2.60. The van der Waals surface area contributed by atoms with Gasteiger partial charge in [0.25, 0.3) is 5.56 Å². The molecule has 0 bridgehead atoms. The third-order valence-electron chi connectivity index (χ3n) is 3.46. The molecule has 0 saturated heterocycles. The van der Waals surface area contributed by atoms with Crippen LogP contribution in [0.5, 0.6) is 11.5 Å². The number of nitrogens with zero attached hydrogens (tertiary/aromatic N) is 2. The van der Waals surface area contributed by atoms with Crippen molar-refractivity contribution in [3.8, 4) is 11.5 Å². The van der Waals surface area contributed by atoms with Gasteiger partial charge < -0.3 is 9.15 Å². The van der Waals surface area contributed by atoms with Crippen molar-refractivity contribution in [3.05, 3.63) is 61.8 Å². The van der Waals surface area contributed by atoms with Crippen LogP contribution >= 0.6 is 11.6 Å². The Balaban J connectivity index is 2.07. The Kier molecular flexibility index (Phi) is 3.92. The third-order valence-corrected chi connectivity index (χ3v) is 3.80. The maximum absolute atomic E-state index is 11.7. The van der Waals surface area contributed by atoms with E-state index >= 15 is 0 Å². The zero-order valence-corrected chi connectivity index (χ0v) is 13.3. The van der Waals surface area contributed by atoms with Gasteiger partial charge in [-0.1, -0.05) is 18.5 Å². The summed E-state index contributed by atoms with van der Waals surface area (Å²) in [5.74, 6) is 0.536. The highest BCUT2D eigenvalue weighted by atomic mass is 35.5. The molecule has 0 N–H and O–H groups in total. The van der Waals surface area contributed by atoms with Crippen molar-refractivity contribution in [2.75, 3.05) is 0 Å². The quantitative estimate of drug-likeness (QED) is 0.689. The lowest BCUT2D eigenvalue weighted by atomic mass is 10.1. The molecule has 1 aromatic carbocycles. The predicted molar refractivity (Wildman–Crippen MR) is 86.4 cm³/mol. The molecule has 0 spiro atoms. The Morgan fingerprint density at radius 3 is 2.83 bits per heavy atom. The van der Waals surface area contributed by atoms with Gasteiger partial charge in [0.05, 0.1) is 6.20 Å². The monoisotopic (exact) mass is 332 g/mol. The minimum atomic E-state index is -0.454. The molecule has 0 aliphatic carbocycles. The van der Waals surface area contributed by atoms with E-state index in [2.05, 4.69) is 5.10 Å². The second-order valence-corrected chi connectivity index (χ2v) is 5.33. The number of halogens is 1. The molecule has 0 atom stereocenters. The largest absolute Gasteiger partial charge is 0.454 e. The van der Waals surface area contributed by atoms with Crippen molar-refractivity contribution in [3.63, 3.8) is 0 Å². The first kappa shape index (κ1) is 15.3. The zero-order valence-electron chi connectivity index (χ0n) is 12.5. The van der Waals surface area contributed by atoms with Gasteiger partial charge in [0.15, 0.2) is 10.8 Å². The summed E-state index contributed by atoms with van der Waals surface area (Å²) >= 11 is 5.97. The first-order chi connectivity index (χ1) is 11.0. The van der Waals surface area contributed by atoms with Crippen LogP contribution in [-0.4, -0.2) is 9.78 Å². The van der Waals surface area contributed by atoms with E-state index in [-0.39, 0.29) is 10.8 Å². The van der Waals surface area contributed by atoms with E-state index in [0.717, 1.165) is 15.6 Å². The molecular formula is C16H13ClN2O4. The van der Waals surface area contributed by atoms with Crippen LogP contribution in [0.4, 0.5) is 0 Å². The Bertz CT molecular complexity index is 1010. The highest BCUT2D eigenvalue weighted by Gasteiger charge is 2.11. The number of ether oxygens (including phenoxy) is 1. The van der Waals surface area contributed by atoms with Crippen LogP contribution in [0.15, 0.2) is 44.5 Å². The van der Waals surface area contributed by atoms with E-state index in [1.54, 1.807) is 18.2 Å². The van der Waals surface area contributed by atoms with Crippen LogP contribution in [0.1, 0.15) is 12.5 Å². The van der Waals surface area contributed by atoms with Gasteiger partial charge in [-0.05, 0) is 24.1 Å². The summed E-state index contributed by atoms with van der Waals surface area (Å²) in [6, 6.07) is 6.58. The third kappa shape index (κ3) is 2.85. The molecule has 7 heteroatoms. The summed E-state index contributed by atoms with van der Waals surface area (Å²) in [5, 5.41) is 4.64. The van der Waals surface area contributed by atoms with Crippen molar-refractivity contribution < 1.29 is 9.15 Å². The van der Waals surface area contributed by atoms with Crippen LogP contribution in [-0.2, 0) is 13.5 Å². The van der Waals surface area contributed by atoms with Crippen molar-refractivity contribution in [2.45, 2.75) is 13.3 Å². The molecule has 118 valence electrons. The van der Waals surface area contributed by atoms with Crippen LogP contribution < -0.4 is 15.9 Å². The molecule has 0 amide bonds. The summed E-state index contributed by atoms with van der Waals surface area (Å²) in [7, 11) is 1.49. The Morgan fingerprint density at radius 2 is 2.09 bits per heavy atom. The molecule has 23 heavy (non-hydrogen) atoms. The Labute approximate surface area is 135 Å². The lowest BCUT2D eigenvalue weighted by molar-refractivity contribution is 0.471. The molecule has 0 aliphatic rings. The van der Waals surface area contributed by atoms with Crippen molar-refractivity contribution in [1.29, 1.82) is 0 Å². The van der Waals surface area contributed by atoms with Gasteiger partial charge in [-0.25, -0.2) is 9.48 Å². The molecule has 2 aromatic heterocycles. The fraction of sp³-hybridized carbons (Fsp3) is 0.188. The minimum Gasteiger partial charge on any atom is -0.454 e. The van der Waals surface area contributed by atoms with Crippen molar-refractivity contribution in [1.82, 2.24) is 9.78 Å². The van der Waals surface area contributed by atoms with Crippen LogP contribution in [0.25, 0.3) is 11.0 Å². The number of aromatic nitrogens is 2. The van der Waals surface area contributed by atoms with E-state index in [4.69, 9.17) is 20.8 Å². The maximum Gasteiger partial charge on any atom is 0.336 e. The molecule has 0 unspecified atom stereocenters. The number of rotatable bonds is 3. The second-order valence-electron chi connectivity index (χ2n) is 4.96. The van der Waals surface area contributed by atoms with E-state index in [0.29, 0.717) is 17.8 Å². The summed E-state index contributed by atoms with van der Waals surface area (Å²) in [4.78, 5) is 23.3. The number of hydrogen-bond acceptors (Lipinski definition) is 5. The predicted octanol–water partition coefficient (Wildman–Crippen LogP) is 2.89. The van der Waals surface area contributed by atoms with E-state index in [1.807, 2.05) is 6.92 Å². The minimum absolute atomic E-state index is 0.0636. The smallest absolute Gasteiger partial charge is 0.336 e. The molecule has 0 saturated carbocycles. The van der Waals surface area contributed by atoms with Crippen molar-refractivity contribution >= 4 is 22.6 Å². The molecule has 3 aromatic rings.